The standard InChI is InChI=1S/C39H39N3O4S/c1-28-11-10-12-30(25-28)26-40-38(44)42(34-13-6-5-7-14-34)27-29-17-19-31(20-18-29)35-15-8-9-16-36(35)47(45,46)41-37(43)32-21-23-33(24-22-32)39(2,3)4/h5-25H,26-27H2,1-4H3,(H,40,44)(H,41,43). The second-order valence-electron chi connectivity index (χ2n) is 12.5. The predicted octanol–water partition coefficient (Wildman–Crippen LogP) is 7.99. The number of sulfonamides is 1. The molecule has 0 heterocycles. The minimum atomic E-state index is -4.19. The molecule has 0 aliphatic heterocycles. The highest BCUT2D eigenvalue weighted by Crippen LogP contribution is 2.29. The van der Waals surface area contributed by atoms with Crippen LogP contribution in [-0.4, -0.2) is 20.4 Å². The Bertz CT molecular complexity index is 1970. The molecule has 0 bridgehead atoms. The molecule has 3 amide bonds. The number of benzene rings is 5. The molecule has 0 radical (unpaired) electrons. The molecule has 5 aromatic carbocycles. The Labute approximate surface area is 277 Å². The molecule has 5 rings (SSSR count). The third kappa shape index (κ3) is 8.34. The van der Waals surface area contributed by atoms with Crippen molar-refractivity contribution in [2.45, 2.75) is 51.1 Å². The average Bonchev–Trinajstić information content (AvgIpc) is 3.06. The maximum atomic E-state index is 13.5. The maximum absolute atomic E-state index is 13.5. The van der Waals surface area contributed by atoms with E-state index >= 15 is 0 Å². The Kier molecular flexibility index (Phi) is 9.92. The van der Waals surface area contributed by atoms with Crippen molar-refractivity contribution in [3.05, 3.63) is 155 Å². The van der Waals surface area contributed by atoms with Crippen molar-refractivity contribution in [2.75, 3.05) is 4.90 Å². The fraction of sp³-hybridized carbons (Fsp3) is 0.179. The third-order valence-electron chi connectivity index (χ3n) is 7.86. The van der Waals surface area contributed by atoms with Crippen molar-refractivity contribution in [2.24, 2.45) is 0 Å². The van der Waals surface area contributed by atoms with Crippen molar-refractivity contribution in [1.82, 2.24) is 10.0 Å². The molecule has 0 aromatic heterocycles. The van der Waals surface area contributed by atoms with Gasteiger partial charge < -0.3 is 5.32 Å². The molecule has 0 unspecified atom stereocenters. The number of urea groups is 1. The summed E-state index contributed by atoms with van der Waals surface area (Å²) in [5.41, 5.74) is 6.07. The van der Waals surface area contributed by atoms with Gasteiger partial charge in [0, 0.05) is 23.4 Å². The zero-order chi connectivity index (χ0) is 33.6. The van der Waals surface area contributed by atoms with Crippen LogP contribution in [0.25, 0.3) is 11.1 Å². The van der Waals surface area contributed by atoms with Gasteiger partial charge in [0.2, 0.25) is 0 Å². The quantitative estimate of drug-likeness (QED) is 0.170. The van der Waals surface area contributed by atoms with Crippen LogP contribution in [0.4, 0.5) is 10.5 Å². The van der Waals surface area contributed by atoms with Crippen LogP contribution < -0.4 is 14.9 Å². The van der Waals surface area contributed by atoms with Crippen molar-refractivity contribution in [3.8, 4) is 11.1 Å². The molecule has 240 valence electrons. The number of carbonyl (C=O) groups is 2. The Morgan fingerprint density at radius 3 is 2.04 bits per heavy atom. The minimum Gasteiger partial charge on any atom is -0.334 e. The fourth-order valence-electron chi connectivity index (χ4n) is 5.25. The molecule has 0 fully saturated rings. The first-order valence-corrected chi connectivity index (χ1v) is 16.9. The van der Waals surface area contributed by atoms with E-state index in [1.807, 2.05) is 97.9 Å². The molecule has 8 heteroatoms. The van der Waals surface area contributed by atoms with Gasteiger partial charge in [0.1, 0.15) is 0 Å². The van der Waals surface area contributed by atoms with Crippen LogP contribution in [0.3, 0.4) is 0 Å². The molecular weight excluding hydrogens is 607 g/mol. The van der Waals surface area contributed by atoms with E-state index in [1.54, 1.807) is 35.2 Å². The molecule has 0 atom stereocenters. The van der Waals surface area contributed by atoms with Crippen LogP contribution in [0.2, 0.25) is 0 Å². The van der Waals surface area contributed by atoms with Gasteiger partial charge in [-0.2, -0.15) is 0 Å². The monoisotopic (exact) mass is 645 g/mol. The van der Waals surface area contributed by atoms with Crippen LogP contribution in [0.1, 0.15) is 53.4 Å². The van der Waals surface area contributed by atoms with Gasteiger partial charge in [0.05, 0.1) is 11.4 Å². The minimum absolute atomic E-state index is 0.00569. The lowest BCUT2D eigenvalue weighted by Crippen LogP contribution is -2.39. The van der Waals surface area contributed by atoms with Crippen molar-refractivity contribution >= 4 is 27.6 Å². The second-order valence-corrected chi connectivity index (χ2v) is 14.2. The van der Waals surface area contributed by atoms with E-state index in [0.29, 0.717) is 24.2 Å². The first kappa shape index (κ1) is 33.2. The normalized spacial score (nSPS) is 11.5. The maximum Gasteiger partial charge on any atom is 0.322 e. The molecule has 7 nitrogen and oxygen atoms in total. The SMILES string of the molecule is Cc1cccc(CNC(=O)N(Cc2ccc(-c3ccccc3S(=O)(=O)NC(=O)c3ccc(C(C)(C)C)cc3)cc2)c2ccccc2)c1. The molecule has 0 aliphatic carbocycles. The first-order valence-electron chi connectivity index (χ1n) is 15.4. The molecule has 5 aromatic rings. The molecule has 2 N–H and O–H groups in total. The Morgan fingerprint density at radius 1 is 0.723 bits per heavy atom. The Morgan fingerprint density at radius 2 is 1.38 bits per heavy atom. The summed E-state index contributed by atoms with van der Waals surface area (Å²) in [5.74, 6) is -0.697. The molecule has 47 heavy (non-hydrogen) atoms. The molecular formula is C39H39N3O4S. The van der Waals surface area contributed by atoms with Crippen molar-refractivity contribution in [1.29, 1.82) is 0 Å². The van der Waals surface area contributed by atoms with Crippen molar-refractivity contribution in [3.63, 3.8) is 0 Å². The summed E-state index contributed by atoms with van der Waals surface area (Å²) >= 11 is 0. The summed E-state index contributed by atoms with van der Waals surface area (Å²) in [6.45, 7) is 8.92. The van der Waals surface area contributed by atoms with E-state index in [-0.39, 0.29) is 21.9 Å². The first-order chi connectivity index (χ1) is 22.4. The van der Waals surface area contributed by atoms with Gasteiger partial charge in [-0.1, -0.05) is 123 Å². The second kappa shape index (κ2) is 14.1. The zero-order valence-corrected chi connectivity index (χ0v) is 27.8. The van der Waals surface area contributed by atoms with Gasteiger partial charge in [0.15, 0.2) is 0 Å². The van der Waals surface area contributed by atoms with Crippen LogP contribution >= 0.6 is 0 Å². The number of para-hydroxylation sites is 1. The van der Waals surface area contributed by atoms with E-state index in [2.05, 4.69) is 30.8 Å². The van der Waals surface area contributed by atoms with Gasteiger partial charge >= 0.3 is 6.03 Å². The molecule has 0 aliphatic rings. The predicted molar refractivity (Wildman–Crippen MR) is 188 cm³/mol. The summed E-state index contributed by atoms with van der Waals surface area (Å²) in [6.07, 6.45) is 0. The van der Waals surface area contributed by atoms with Gasteiger partial charge in [-0.3, -0.25) is 9.69 Å². The number of rotatable bonds is 9. The lowest BCUT2D eigenvalue weighted by Gasteiger charge is -2.24. The number of carbonyl (C=O) groups excluding carboxylic acids is 2. The van der Waals surface area contributed by atoms with Crippen LogP contribution in [0.5, 0.6) is 0 Å². The summed E-state index contributed by atoms with van der Waals surface area (Å²) in [6, 6.07) is 38.1. The highest BCUT2D eigenvalue weighted by molar-refractivity contribution is 7.90. The number of aryl methyl sites for hydroxylation is 1. The number of hydrogen-bond acceptors (Lipinski definition) is 4. The number of hydrogen-bond donors (Lipinski definition) is 2. The molecule has 0 saturated heterocycles. The number of amides is 3. The van der Waals surface area contributed by atoms with Gasteiger partial charge in [-0.25, -0.2) is 17.9 Å². The van der Waals surface area contributed by atoms with Crippen LogP contribution in [-0.2, 0) is 28.5 Å². The van der Waals surface area contributed by atoms with Gasteiger partial charge in [-0.05, 0) is 64.9 Å². The zero-order valence-electron chi connectivity index (χ0n) is 27.0. The highest BCUT2D eigenvalue weighted by Gasteiger charge is 2.23. The molecule has 0 saturated carbocycles. The summed E-state index contributed by atoms with van der Waals surface area (Å²) in [4.78, 5) is 28.1. The molecule has 0 spiro atoms. The smallest absolute Gasteiger partial charge is 0.322 e. The Balaban J connectivity index is 1.34. The lowest BCUT2D eigenvalue weighted by atomic mass is 9.87. The van der Waals surface area contributed by atoms with E-state index in [1.165, 1.54) is 6.07 Å². The number of anilines is 1. The van der Waals surface area contributed by atoms with Crippen LogP contribution in [0.15, 0.2) is 132 Å². The Hall–Kier alpha value is -5.21. The van der Waals surface area contributed by atoms with E-state index in [0.717, 1.165) is 27.9 Å². The summed E-state index contributed by atoms with van der Waals surface area (Å²) in [5, 5.41) is 3.03. The topological polar surface area (TPSA) is 95.6 Å². The third-order valence-corrected chi connectivity index (χ3v) is 9.25. The summed E-state index contributed by atoms with van der Waals surface area (Å²) in [7, 11) is -4.19. The lowest BCUT2D eigenvalue weighted by molar-refractivity contribution is 0.0981. The number of nitrogens with one attached hydrogen (secondary N) is 2. The van der Waals surface area contributed by atoms with Crippen LogP contribution in [0, 0.1) is 6.92 Å². The van der Waals surface area contributed by atoms with Crippen molar-refractivity contribution < 1.29 is 18.0 Å². The van der Waals surface area contributed by atoms with E-state index < -0.39 is 15.9 Å². The van der Waals surface area contributed by atoms with Gasteiger partial charge in [0.25, 0.3) is 15.9 Å². The average molecular weight is 646 g/mol. The van der Waals surface area contributed by atoms with Gasteiger partial charge in [-0.15, -0.1) is 0 Å². The highest BCUT2D eigenvalue weighted by atomic mass is 32.2. The fourth-order valence-corrected chi connectivity index (χ4v) is 6.46. The summed E-state index contributed by atoms with van der Waals surface area (Å²) < 4.78 is 29.2. The van der Waals surface area contributed by atoms with E-state index in [4.69, 9.17) is 0 Å². The van der Waals surface area contributed by atoms with E-state index in [9.17, 15) is 18.0 Å². The largest absolute Gasteiger partial charge is 0.334 e. The number of nitrogens with zero attached hydrogens (tertiary/aromatic N) is 1.